The Bertz CT molecular complexity index is 896. The van der Waals surface area contributed by atoms with Crippen LogP contribution in [0, 0.1) is 6.92 Å². The summed E-state index contributed by atoms with van der Waals surface area (Å²) >= 11 is 0. The number of allylic oxidation sites excluding steroid dienone is 1. The average Bonchev–Trinajstić information content (AvgIpc) is 3.13. The second-order valence-corrected chi connectivity index (χ2v) is 5.84. The first kappa shape index (κ1) is 16.7. The van der Waals surface area contributed by atoms with Crippen molar-refractivity contribution in [2.75, 3.05) is 7.11 Å². The number of ether oxygens (including phenoxy) is 1. The number of methoxy groups -OCH3 is 1. The molecule has 3 aromatic rings. The van der Waals surface area contributed by atoms with E-state index in [-0.39, 0.29) is 5.78 Å². The van der Waals surface area contributed by atoms with E-state index >= 15 is 0 Å². The molecule has 0 unspecified atom stereocenters. The van der Waals surface area contributed by atoms with Crippen LogP contribution in [0.5, 0.6) is 5.75 Å². The van der Waals surface area contributed by atoms with Crippen molar-refractivity contribution in [1.82, 2.24) is 9.78 Å². The van der Waals surface area contributed by atoms with Crippen molar-refractivity contribution in [3.05, 3.63) is 89.3 Å². The van der Waals surface area contributed by atoms with Crippen molar-refractivity contribution < 1.29 is 9.53 Å². The molecule has 0 N–H and O–H groups in total. The zero-order valence-corrected chi connectivity index (χ0v) is 14.3. The van der Waals surface area contributed by atoms with Crippen LogP contribution in [-0.2, 0) is 6.54 Å². The molecular formula is C21H20N2O2. The summed E-state index contributed by atoms with van der Waals surface area (Å²) in [5.74, 6) is 0.797. The largest absolute Gasteiger partial charge is 0.496 e. The Kier molecular flexibility index (Phi) is 5.09. The van der Waals surface area contributed by atoms with Gasteiger partial charge in [0.05, 0.1) is 13.7 Å². The topological polar surface area (TPSA) is 44.1 Å². The van der Waals surface area contributed by atoms with Crippen molar-refractivity contribution in [3.63, 3.8) is 0 Å². The number of hydrogen-bond donors (Lipinski definition) is 0. The fourth-order valence-electron chi connectivity index (χ4n) is 2.66. The van der Waals surface area contributed by atoms with Gasteiger partial charge >= 0.3 is 0 Å². The number of carbonyl (C=O) groups is 1. The zero-order chi connectivity index (χ0) is 17.6. The molecule has 0 radical (unpaired) electrons. The van der Waals surface area contributed by atoms with E-state index < -0.39 is 0 Å². The summed E-state index contributed by atoms with van der Waals surface area (Å²) < 4.78 is 7.26. The molecule has 0 amide bonds. The van der Waals surface area contributed by atoms with Gasteiger partial charge in [-0.1, -0.05) is 35.9 Å². The summed E-state index contributed by atoms with van der Waals surface area (Å²) in [6.45, 7) is 2.59. The van der Waals surface area contributed by atoms with Crippen LogP contribution in [0.1, 0.15) is 27.0 Å². The van der Waals surface area contributed by atoms with Gasteiger partial charge in [0.1, 0.15) is 5.75 Å². The van der Waals surface area contributed by atoms with Gasteiger partial charge in [-0.15, -0.1) is 0 Å². The highest BCUT2D eigenvalue weighted by molar-refractivity contribution is 6.06. The van der Waals surface area contributed by atoms with Crippen LogP contribution in [0.3, 0.4) is 0 Å². The first-order chi connectivity index (χ1) is 12.2. The first-order valence-corrected chi connectivity index (χ1v) is 8.09. The van der Waals surface area contributed by atoms with Crippen LogP contribution in [0.2, 0.25) is 0 Å². The highest BCUT2D eigenvalue weighted by Crippen LogP contribution is 2.21. The molecule has 3 rings (SSSR count). The molecular weight excluding hydrogens is 312 g/mol. The number of aryl methyl sites for hydroxylation is 1. The van der Waals surface area contributed by atoms with Gasteiger partial charge in [-0.2, -0.15) is 5.10 Å². The maximum absolute atomic E-state index is 12.3. The molecule has 0 spiro atoms. The molecule has 0 atom stereocenters. The second-order valence-electron chi connectivity index (χ2n) is 5.84. The molecule has 0 fully saturated rings. The highest BCUT2D eigenvalue weighted by atomic mass is 16.5. The Morgan fingerprint density at radius 1 is 1.20 bits per heavy atom. The lowest BCUT2D eigenvalue weighted by atomic mass is 10.1. The fraction of sp³-hybridized carbons (Fsp3) is 0.143. The minimum atomic E-state index is -0.00635. The first-order valence-electron chi connectivity index (χ1n) is 8.09. The Hall–Kier alpha value is -3.14. The summed E-state index contributed by atoms with van der Waals surface area (Å²) in [5.41, 5.74) is 3.73. The van der Waals surface area contributed by atoms with E-state index in [2.05, 4.69) is 5.10 Å². The van der Waals surface area contributed by atoms with Gasteiger partial charge in [-0.3, -0.25) is 9.48 Å². The van der Waals surface area contributed by atoms with E-state index in [4.69, 9.17) is 4.74 Å². The number of nitrogens with zero attached hydrogens (tertiary/aromatic N) is 2. The van der Waals surface area contributed by atoms with Gasteiger partial charge in [0, 0.05) is 23.5 Å². The molecule has 25 heavy (non-hydrogen) atoms. The predicted molar refractivity (Wildman–Crippen MR) is 98.9 cm³/mol. The van der Waals surface area contributed by atoms with Gasteiger partial charge in [-0.25, -0.2) is 0 Å². The molecule has 1 aromatic heterocycles. The Labute approximate surface area is 147 Å². The van der Waals surface area contributed by atoms with Gasteiger partial charge in [0.25, 0.3) is 0 Å². The number of hydrogen-bond acceptors (Lipinski definition) is 3. The summed E-state index contributed by atoms with van der Waals surface area (Å²) in [6.07, 6.45) is 7.09. The van der Waals surface area contributed by atoms with E-state index in [1.54, 1.807) is 19.4 Å². The third-order valence-electron chi connectivity index (χ3n) is 3.93. The smallest absolute Gasteiger partial charge is 0.185 e. The van der Waals surface area contributed by atoms with E-state index in [0.717, 1.165) is 22.4 Å². The number of ketones is 1. The van der Waals surface area contributed by atoms with Crippen molar-refractivity contribution >= 4 is 11.9 Å². The van der Waals surface area contributed by atoms with Crippen molar-refractivity contribution in [3.8, 4) is 5.75 Å². The van der Waals surface area contributed by atoms with Gasteiger partial charge in [-0.05, 0) is 42.8 Å². The number of rotatable bonds is 6. The molecule has 4 heteroatoms. The lowest BCUT2D eigenvalue weighted by molar-refractivity contribution is 0.104. The number of benzene rings is 2. The third-order valence-corrected chi connectivity index (χ3v) is 3.93. The molecule has 0 aliphatic heterocycles. The van der Waals surface area contributed by atoms with Crippen LogP contribution >= 0.6 is 0 Å². The van der Waals surface area contributed by atoms with Crippen LogP contribution in [0.4, 0.5) is 0 Å². The Balaban J connectivity index is 1.81. The molecule has 0 saturated heterocycles. The van der Waals surface area contributed by atoms with Crippen molar-refractivity contribution in [1.29, 1.82) is 0 Å². The lowest BCUT2D eigenvalue weighted by Crippen LogP contribution is -2.02. The predicted octanol–water partition coefficient (Wildman–Crippen LogP) is 4.14. The van der Waals surface area contributed by atoms with E-state index in [0.29, 0.717) is 12.1 Å². The summed E-state index contributed by atoms with van der Waals surface area (Å²) in [5, 5.41) is 4.23. The molecule has 0 bridgehead atoms. The quantitative estimate of drug-likeness (QED) is 0.503. The normalized spacial score (nSPS) is 11.0. The molecule has 0 aliphatic rings. The fourth-order valence-corrected chi connectivity index (χ4v) is 2.66. The van der Waals surface area contributed by atoms with Crippen LogP contribution in [-0.4, -0.2) is 22.7 Å². The third kappa shape index (κ3) is 4.23. The van der Waals surface area contributed by atoms with Crippen LogP contribution in [0.15, 0.2) is 67.0 Å². The van der Waals surface area contributed by atoms with Crippen molar-refractivity contribution in [2.24, 2.45) is 0 Å². The Morgan fingerprint density at radius 3 is 2.80 bits per heavy atom. The monoisotopic (exact) mass is 332 g/mol. The van der Waals surface area contributed by atoms with E-state index in [1.165, 1.54) is 0 Å². The summed E-state index contributed by atoms with van der Waals surface area (Å²) in [6, 6.07) is 15.3. The molecule has 4 nitrogen and oxygen atoms in total. The number of carbonyl (C=O) groups excluding carboxylic acids is 1. The zero-order valence-electron chi connectivity index (χ0n) is 14.3. The van der Waals surface area contributed by atoms with Crippen molar-refractivity contribution in [2.45, 2.75) is 13.5 Å². The highest BCUT2D eigenvalue weighted by Gasteiger charge is 2.06. The maximum Gasteiger partial charge on any atom is 0.185 e. The minimum absolute atomic E-state index is 0.00635. The second kappa shape index (κ2) is 7.62. The average molecular weight is 332 g/mol. The van der Waals surface area contributed by atoms with Gasteiger partial charge < -0.3 is 4.74 Å². The molecule has 0 saturated carbocycles. The summed E-state index contributed by atoms with van der Waals surface area (Å²) in [4.78, 5) is 12.3. The molecule has 1 heterocycles. The van der Waals surface area contributed by atoms with Gasteiger partial charge in [0.15, 0.2) is 5.78 Å². The van der Waals surface area contributed by atoms with Crippen LogP contribution in [0.25, 0.3) is 6.08 Å². The maximum atomic E-state index is 12.3. The lowest BCUT2D eigenvalue weighted by Gasteiger charge is -2.09. The number of aromatic nitrogens is 2. The molecule has 126 valence electrons. The van der Waals surface area contributed by atoms with Gasteiger partial charge in [0.2, 0.25) is 0 Å². The molecule has 2 aromatic carbocycles. The Morgan fingerprint density at radius 2 is 2.08 bits per heavy atom. The van der Waals surface area contributed by atoms with Crippen LogP contribution < -0.4 is 4.74 Å². The van der Waals surface area contributed by atoms with E-state index in [9.17, 15) is 4.79 Å². The summed E-state index contributed by atoms with van der Waals surface area (Å²) in [7, 11) is 1.65. The minimum Gasteiger partial charge on any atom is -0.496 e. The van der Waals surface area contributed by atoms with E-state index in [1.807, 2.05) is 72.4 Å². The standard InChI is InChI=1S/C21H20N2O2/c1-16-5-3-6-18(13-16)20(24)9-7-17-8-10-21(25-2)19(14-17)15-23-12-4-11-22-23/h3-14H,15H2,1-2H3/b9-7+. The molecule has 0 aliphatic carbocycles. The SMILES string of the molecule is COc1ccc(/C=C/C(=O)c2cccc(C)c2)cc1Cn1cccn1.